The molecule has 1 aromatic carbocycles. The van der Waals surface area contributed by atoms with Crippen LogP contribution in [0.1, 0.15) is 18.9 Å². The quantitative estimate of drug-likeness (QED) is 0.847. The zero-order valence-electron chi connectivity index (χ0n) is 11.7. The lowest BCUT2D eigenvalue weighted by atomic mass is 10.2. The van der Waals surface area contributed by atoms with Gasteiger partial charge in [-0.1, -0.05) is 30.3 Å². The van der Waals surface area contributed by atoms with Crippen molar-refractivity contribution in [2.45, 2.75) is 31.7 Å². The molecule has 2 fully saturated rings. The number of morpholine rings is 1. The van der Waals surface area contributed by atoms with E-state index in [4.69, 9.17) is 4.74 Å². The van der Waals surface area contributed by atoms with Crippen molar-refractivity contribution >= 4 is 12.0 Å². The molecule has 106 valence electrons. The zero-order chi connectivity index (χ0) is 13.9. The van der Waals surface area contributed by atoms with Crippen molar-refractivity contribution in [1.29, 1.82) is 0 Å². The minimum atomic E-state index is -0.0509. The Morgan fingerprint density at radius 2 is 2.25 bits per heavy atom. The van der Waals surface area contributed by atoms with Gasteiger partial charge in [-0.2, -0.15) is 0 Å². The third-order valence-electron chi connectivity index (χ3n) is 4.02. The number of nitrogens with one attached hydrogen (secondary N) is 1. The molecule has 0 aromatic heterocycles. The molecule has 3 rings (SSSR count). The van der Waals surface area contributed by atoms with Gasteiger partial charge in [-0.05, 0) is 25.0 Å². The van der Waals surface area contributed by atoms with Gasteiger partial charge < -0.3 is 10.1 Å². The normalized spacial score (nSPS) is 27.1. The molecule has 4 heteroatoms. The second-order valence-corrected chi connectivity index (χ2v) is 5.47. The maximum absolute atomic E-state index is 11.9. The molecule has 2 aliphatic heterocycles. The molecular formula is C16H20N2O2. The lowest BCUT2D eigenvalue weighted by molar-refractivity contribution is -0.118. The van der Waals surface area contributed by atoms with Crippen molar-refractivity contribution in [3.63, 3.8) is 0 Å². The van der Waals surface area contributed by atoms with Gasteiger partial charge in [0, 0.05) is 18.7 Å². The van der Waals surface area contributed by atoms with Crippen LogP contribution >= 0.6 is 0 Å². The number of hydrogen-bond acceptors (Lipinski definition) is 3. The van der Waals surface area contributed by atoms with Crippen molar-refractivity contribution < 1.29 is 9.53 Å². The van der Waals surface area contributed by atoms with Crippen LogP contribution < -0.4 is 5.32 Å². The number of amides is 1. The fraction of sp³-hybridized carbons (Fsp3) is 0.438. The van der Waals surface area contributed by atoms with Crippen LogP contribution in [0.4, 0.5) is 0 Å². The van der Waals surface area contributed by atoms with E-state index in [0.29, 0.717) is 12.1 Å². The first-order chi connectivity index (χ1) is 9.72. The maximum atomic E-state index is 11.9. The summed E-state index contributed by atoms with van der Waals surface area (Å²) in [5, 5.41) is 3.02. The third-order valence-corrected chi connectivity index (χ3v) is 4.02. The topological polar surface area (TPSA) is 41.6 Å². The van der Waals surface area contributed by atoms with E-state index < -0.39 is 0 Å². The molecule has 4 nitrogen and oxygen atoms in total. The number of hydrogen-bond donors (Lipinski definition) is 1. The Morgan fingerprint density at radius 1 is 1.45 bits per heavy atom. The van der Waals surface area contributed by atoms with Gasteiger partial charge in [0.25, 0.3) is 0 Å². The highest BCUT2D eigenvalue weighted by atomic mass is 16.5. The molecule has 0 radical (unpaired) electrons. The van der Waals surface area contributed by atoms with Crippen molar-refractivity contribution in [3.8, 4) is 0 Å². The van der Waals surface area contributed by atoms with Crippen molar-refractivity contribution in [3.05, 3.63) is 42.0 Å². The molecule has 2 saturated heterocycles. The first-order valence-corrected chi connectivity index (χ1v) is 7.13. The van der Waals surface area contributed by atoms with Gasteiger partial charge in [0.15, 0.2) is 0 Å². The van der Waals surface area contributed by atoms with E-state index in [0.717, 1.165) is 25.1 Å². The summed E-state index contributed by atoms with van der Waals surface area (Å²) in [7, 11) is 0. The average Bonchev–Trinajstić information content (AvgIpc) is 3.09. The number of likely N-dealkylation sites (tertiary alicyclic amines) is 1. The van der Waals surface area contributed by atoms with Crippen molar-refractivity contribution in [2.24, 2.45) is 0 Å². The van der Waals surface area contributed by atoms with E-state index in [2.05, 4.69) is 10.2 Å². The molecule has 0 saturated carbocycles. The van der Waals surface area contributed by atoms with E-state index in [9.17, 15) is 4.79 Å². The summed E-state index contributed by atoms with van der Waals surface area (Å²) in [6, 6.07) is 10.3. The largest absolute Gasteiger partial charge is 0.375 e. The van der Waals surface area contributed by atoms with E-state index in [1.54, 1.807) is 6.08 Å². The van der Waals surface area contributed by atoms with Crippen molar-refractivity contribution in [2.75, 3.05) is 13.2 Å². The van der Waals surface area contributed by atoms with E-state index in [1.807, 2.05) is 43.3 Å². The van der Waals surface area contributed by atoms with Gasteiger partial charge in [0.05, 0.1) is 18.9 Å². The summed E-state index contributed by atoms with van der Waals surface area (Å²) in [4.78, 5) is 14.3. The Bertz CT molecular complexity index is 500. The predicted octanol–water partition coefficient (Wildman–Crippen LogP) is 1.64. The van der Waals surface area contributed by atoms with Crippen molar-refractivity contribution in [1.82, 2.24) is 10.2 Å². The Morgan fingerprint density at radius 3 is 2.90 bits per heavy atom. The molecule has 0 spiro atoms. The van der Waals surface area contributed by atoms with Gasteiger partial charge in [0.2, 0.25) is 5.91 Å². The van der Waals surface area contributed by atoms with Crippen LogP contribution in [-0.2, 0) is 9.53 Å². The number of carbonyl (C=O) groups excluding carboxylic acids is 1. The number of fused-ring (bicyclic) bond motifs is 2. The predicted molar refractivity (Wildman–Crippen MR) is 77.9 cm³/mol. The number of carbonyl (C=O) groups is 1. The standard InChI is InChI=1S/C16H20N2O2/c1-12(18-10-15-9-14(18)11-20-15)17-16(19)8-7-13-5-3-2-4-6-13/h2-8,12,14-15H,9-11H2,1H3,(H,17,19)/b8-7+/t12-,14?,15?/m1/s1. The Balaban J connectivity index is 1.52. The fourth-order valence-electron chi connectivity index (χ4n) is 2.98. The summed E-state index contributed by atoms with van der Waals surface area (Å²) >= 11 is 0. The monoisotopic (exact) mass is 272 g/mol. The smallest absolute Gasteiger partial charge is 0.245 e. The number of rotatable bonds is 4. The lowest BCUT2D eigenvalue weighted by Gasteiger charge is -2.32. The molecule has 20 heavy (non-hydrogen) atoms. The first-order valence-electron chi connectivity index (χ1n) is 7.13. The minimum absolute atomic E-state index is 0.0509. The van der Waals surface area contributed by atoms with Crippen LogP contribution in [0.5, 0.6) is 0 Å². The number of benzene rings is 1. The van der Waals surface area contributed by atoms with Gasteiger partial charge in [-0.3, -0.25) is 9.69 Å². The Hall–Kier alpha value is -1.65. The molecule has 2 bridgehead atoms. The molecule has 1 aromatic rings. The first kappa shape index (κ1) is 13.3. The molecule has 2 heterocycles. The molecule has 2 aliphatic rings. The SMILES string of the molecule is C[C@H](NC(=O)/C=C/c1ccccc1)N1CC2CC1CO2. The summed E-state index contributed by atoms with van der Waals surface area (Å²) in [5.41, 5.74) is 1.03. The summed E-state index contributed by atoms with van der Waals surface area (Å²) in [5.74, 6) is -0.0509. The van der Waals surface area contributed by atoms with Gasteiger partial charge in [0.1, 0.15) is 0 Å². The number of nitrogens with zero attached hydrogens (tertiary/aromatic N) is 1. The van der Waals surface area contributed by atoms with Crippen LogP contribution in [-0.4, -0.2) is 42.3 Å². The van der Waals surface area contributed by atoms with Gasteiger partial charge in [-0.15, -0.1) is 0 Å². The zero-order valence-corrected chi connectivity index (χ0v) is 11.7. The summed E-state index contributed by atoms with van der Waals surface area (Å²) < 4.78 is 5.57. The molecular weight excluding hydrogens is 252 g/mol. The average molecular weight is 272 g/mol. The molecule has 0 aliphatic carbocycles. The highest BCUT2D eigenvalue weighted by Crippen LogP contribution is 2.28. The van der Waals surface area contributed by atoms with E-state index >= 15 is 0 Å². The van der Waals surface area contributed by atoms with Crippen LogP contribution in [0.25, 0.3) is 6.08 Å². The maximum Gasteiger partial charge on any atom is 0.245 e. The Labute approximate surface area is 119 Å². The molecule has 1 amide bonds. The van der Waals surface area contributed by atoms with E-state index in [-0.39, 0.29) is 12.1 Å². The lowest BCUT2D eigenvalue weighted by Crippen LogP contribution is -2.51. The van der Waals surface area contributed by atoms with Crippen LogP contribution in [0.3, 0.4) is 0 Å². The van der Waals surface area contributed by atoms with E-state index in [1.165, 1.54) is 0 Å². The van der Waals surface area contributed by atoms with Crippen LogP contribution in [0, 0.1) is 0 Å². The van der Waals surface area contributed by atoms with Gasteiger partial charge in [-0.25, -0.2) is 0 Å². The number of ether oxygens (including phenoxy) is 1. The summed E-state index contributed by atoms with van der Waals surface area (Å²) in [6.45, 7) is 3.76. The third kappa shape index (κ3) is 2.92. The Kier molecular flexibility index (Phi) is 3.85. The molecule has 2 unspecified atom stereocenters. The summed E-state index contributed by atoms with van der Waals surface area (Å²) in [6.07, 6.45) is 4.94. The second kappa shape index (κ2) is 5.77. The highest BCUT2D eigenvalue weighted by Gasteiger charge is 2.41. The fourth-order valence-corrected chi connectivity index (χ4v) is 2.98. The second-order valence-electron chi connectivity index (χ2n) is 5.47. The van der Waals surface area contributed by atoms with Crippen LogP contribution in [0.2, 0.25) is 0 Å². The molecule has 3 atom stereocenters. The highest BCUT2D eigenvalue weighted by molar-refractivity contribution is 5.91. The molecule has 1 N–H and O–H groups in total. The van der Waals surface area contributed by atoms with Gasteiger partial charge >= 0.3 is 0 Å². The van der Waals surface area contributed by atoms with Crippen LogP contribution in [0.15, 0.2) is 36.4 Å². The minimum Gasteiger partial charge on any atom is -0.375 e.